The summed E-state index contributed by atoms with van der Waals surface area (Å²) in [6.07, 6.45) is -1.56. The van der Waals surface area contributed by atoms with Crippen molar-refractivity contribution in [3.8, 4) is 0 Å². The van der Waals surface area contributed by atoms with E-state index in [1.165, 1.54) is 6.20 Å². The number of alkyl halides is 3. The van der Waals surface area contributed by atoms with Gasteiger partial charge in [0, 0.05) is 12.4 Å². The number of nitrogens with two attached hydrogens (primary N) is 1. The maximum Gasteiger partial charge on any atom is 0.431 e. The molecule has 0 aliphatic heterocycles. The Balaban J connectivity index is 2.15. The Kier molecular flexibility index (Phi) is 3.63. The van der Waals surface area contributed by atoms with Crippen LogP contribution in [-0.2, 0) is 12.7 Å². The predicted octanol–water partition coefficient (Wildman–Crippen LogP) is 1.66. The van der Waals surface area contributed by atoms with E-state index in [1.807, 2.05) is 0 Å². The Hall–Kier alpha value is -3.10. The Bertz CT molecular complexity index is 955. The maximum absolute atomic E-state index is 13.2. The molecule has 9 heteroatoms. The minimum Gasteiger partial charge on any atom is -0.365 e. The molecular formula is C15H11F3N4O2. The molecule has 0 spiro atoms. The molecule has 0 aliphatic carbocycles. The molecule has 0 aliphatic rings. The molecule has 0 saturated carbocycles. The van der Waals surface area contributed by atoms with Crippen molar-refractivity contribution in [3.63, 3.8) is 0 Å². The summed E-state index contributed by atoms with van der Waals surface area (Å²) < 4.78 is 41.6. The highest BCUT2D eigenvalue weighted by Crippen LogP contribution is 2.28. The second kappa shape index (κ2) is 5.52. The van der Waals surface area contributed by atoms with Crippen molar-refractivity contribution in [3.05, 3.63) is 70.0 Å². The van der Waals surface area contributed by atoms with Gasteiger partial charge in [0.15, 0.2) is 0 Å². The van der Waals surface area contributed by atoms with Gasteiger partial charge in [-0.25, -0.2) is 4.98 Å². The average molecular weight is 336 g/mol. The molecule has 3 aromatic rings. The number of hydrogen-bond acceptors (Lipinski definition) is 3. The lowest BCUT2D eigenvalue weighted by molar-refractivity contribution is -0.144. The highest BCUT2D eigenvalue weighted by atomic mass is 19.4. The minimum absolute atomic E-state index is 0.246. The minimum atomic E-state index is -4.76. The van der Waals surface area contributed by atoms with E-state index in [1.54, 1.807) is 28.8 Å². The van der Waals surface area contributed by atoms with Gasteiger partial charge in [-0.05, 0) is 24.3 Å². The zero-order chi connectivity index (χ0) is 17.5. The van der Waals surface area contributed by atoms with Gasteiger partial charge in [-0.1, -0.05) is 6.07 Å². The lowest BCUT2D eigenvalue weighted by atomic mass is 10.2. The van der Waals surface area contributed by atoms with Crippen molar-refractivity contribution in [2.24, 2.45) is 5.73 Å². The van der Waals surface area contributed by atoms with Crippen LogP contribution in [0.1, 0.15) is 21.7 Å². The van der Waals surface area contributed by atoms with Crippen LogP contribution in [0, 0.1) is 0 Å². The number of imidazole rings is 1. The van der Waals surface area contributed by atoms with Gasteiger partial charge in [-0.15, -0.1) is 0 Å². The van der Waals surface area contributed by atoms with E-state index in [0.717, 1.165) is 6.07 Å². The van der Waals surface area contributed by atoms with Gasteiger partial charge in [-0.3, -0.25) is 14.2 Å². The van der Waals surface area contributed by atoms with E-state index in [9.17, 15) is 22.8 Å². The average Bonchev–Trinajstić information content (AvgIpc) is 2.90. The quantitative estimate of drug-likeness (QED) is 0.790. The van der Waals surface area contributed by atoms with Crippen LogP contribution in [0.3, 0.4) is 0 Å². The molecule has 3 rings (SSSR count). The summed E-state index contributed by atoms with van der Waals surface area (Å²) in [5.74, 6) is -1.09. The van der Waals surface area contributed by atoms with E-state index >= 15 is 0 Å². The fraction of sp³-hybridized carbons (Fsp3) is 0.133. The van der Waals surface area contributed by atoms with Crippen LogP contribution < -0.4 is 11.3 Å². The standard InChI is InChI=1S/C15H11F3N4O2/c16-15(17,18)11-5-4-10(13(19)23)14(24)22(11)8-9-7-21-6-2-1-3-12(21)20-9/h1-7H,8H2,(H2,19,23). The summed E-state index contributed by atoms with van der Waals surface area (Å²) >= 11 is 0. The van der Waals surface area contributed by atoms with Crippen LogP contribution in [0.5, 0.6) is 0 Å². The van der Waals surface area contributed by atoms with Crippen LogP contribution in [0.2, 0.25) is 0 Å². The molecule has 0 atom stereocenters. The molecule has 0 unspecified atom stereocenters. The number of primary amides is 1. The largest absolute Gasteiger partial charge is 0.431 e. The molecule has 0 radical (unpaired) electrons. The number of rotatable bonds is 3. The molecule has 1 amide bonds. The van der Waals surface area contributed by atoms with Gasteiger partial charge in [0.2, 0.25) is 0 Å². The molecule has 0 saturated heterocycles. The van der Waals surface area contributed by atoms with E-state index in [0.29, 0.717) is 16.3 Å². The predicted molar refractivity (Wildman–Crippen MR) is 78.5 cm³/mol. The Morgan fingerprint density at radius 1 is 1.21 bits per heavy atom. The highest BCUT2D eigenvalue weighted by molar-refractivity contribution is 5.92. The second-order valence-corrected chi connectivity index (χ2v) is 5.08. The van der Waals surface area contributed by atoms with Crippen molar-refractivity contribution in [2.45, 2.75) is 12.7 Å². The van der Waals surface area contributed by atoms with Crippen molar-refractivity contribution >= 4 is 11.6 Å². The van der Waals surface area contributed by atoms with Gasteiger partial charge in [0.1, 0.15) is 16.9 Å². The Morgan fingerprint density at radius 3 is 2.58 bits per heavy atom. The maximum atomic E-state index is 13.2. The van der Waals surface area contributed by atoms with Crippen LogP contribution in [0.25, 0.3) is 5.65 Å². The molecule has 3 heterocycles. The number of carbonyl (C=O) groups excluding carboxylic acids is 1. The number of hydrogen-bond donors (Lipinski definition) is 1. The molecule has 0 aromatic carbocycles. The Morgan fingerprint density at radius 2 is 1.96 bits per heavy atom. The molecule has 0 fully saturated rings. The van der Waals surface area contributed by atoms with Gasteiger partial charge in [-0.2, -0.15) is 13.2 Å². The first-order chi connectivity index (χ1) is 11.3. The van der Waals surface area contributed by atoms with E-state index in [-0.39, 0.29) is 5.69 Å². The van der Waals surface area contributed by atoms with Crippen molar-refractivity contribution < 1.29 is 18.0 Å². The lowest BCUT2D eigenvalue weighted by Crippen LogP contribution is -2.34. The van der Waals surface area contributed by atoms with Gasteiger partial charge in [0.25, 0.3) is 11.5 Å². The smallest absolute Gasteiger partial charge is 0.365 e. The number of amides is 1. The molecule has 124 valence electrons. The zero-order valence-corrected chi connectivity index (χ0v) is 12.1. The SMILES string of the molecule is NC(=O)c1ccc(C(F)(F)F)n(Cc2cn3ccccc3n2)c1=O. The number of pyridine rings is 2. The van der Waals surface area contributed by atoms with Crippen LogP contribution >= 0.6 is 0 Å². The van der Waals surface area contributed by atoms with E-state index in [2.05, 4.69) is 4.98 Å². The summed E-state index contributed by atoms with van der Waals surface area (Å²) in [6.45, 7) is -0.434. The third kappa shape index (κ3) is 2.75. The molecule has 24 heavy (non-hydrogen) atoms. The van der Waals surface area contributed by atoms with E-state index < -0.39 is 35.4 Å². The second-order valence-electron chi connectivity index (χ2n) is 5.08. The summed E-state index contributed by atoms with van der Waals surface area (Å²) in [5.41, 5.74) is 3.04. The number of nitrogens with zero attached hydrogens (tertiary/aromatic N) is 3. The number of carbonyl (C=O) groups is 1. The third-order valence-electron chi connectivity index (χ3n) is 3.46. The third-order valence-corrected chi connectivity index (χ3v) is 3.46. The fourth-order valence-electron chi connectivity index (χ4n) is 2.40. The molecular weight excluding hydrogens is 325 g/mol. The molecule has 6 nitrogen and oxygen atoms in total. The number of fused-ring (bicyclic) bond motifs is 1. The Labute approximate surface area is 133 Å². The summed E-state index contributed by atoms with van der Waals surface area (Å²) in [7, 11) is 0. The first-order valence-corrected chi connectivity index (χ1v) is 6.81. The first-order valence-electron chi connectivity index (χ1n) is 6.81. The van der Waals surface area contributed by atoms with Gasteiger partial charge >= 0.3 is 6.18 Å². The fourth-order valence-corrected chi connectivity index (χ4v) is 2.40. The van der Waals surface area contributed by atoms with Crippen LogP contribution in [-0.4, -0.2) is 19.9 Å². The van der Waals surface area contributed by atoms with Gasteiger partial charge in [0.05, 0.1) is 12.2 Å². The van der Waals surface area contributed by atoms with Crippen LogP contribution in [0.4, 0.5) is 13.2 Å². The van der Waals surface area contributed by atoms with Gasteiger partial charge < -0.3 is 10.1 Å². The zero-order valence-electron chi connectivity index (χ0n) is 12.1. The summed E-state index contributed by atoms with van der Waals surface area (Å²) in [5, 5.41) is 0. The van der Waals surface area contributed by atoms with Crippen molar-refractivity contribution in [2.75, 3.05) is 0 Å². The molecule has 0 bridgehead atoms. The lowest BCUT2D eigenvalue weighted by Gasteiger charge is -2.15. The first kappa shape index (κ1) is 15.8. The van der Waals surface area contributed by atoms with Crippen LogP contribution in [0.15, 0.2) is 47.5 Å². The monoisotopic (exact) mass is 336 g/mol. The normalized spacial score (nSPS) is 11.8. The summed E-state index contributed by atoms with van der Waals surface area (Å²) in [6, 6.07) is 6.59. The van der Waals surface area contributed by atoms with Crippen molar-refractivity contribution in [1.29, 1.82) is 0 Å². The summed E-state index contributed by atoms with van der Waals surface area (Å²) in [4.78, 5) is 27.6. The topological polar surface area (TPSA) is 82.4 Å². The highest BCUT2D eigenvalue weighted by Gasteiger charge is 2.35. The molecule has 2 N–H and O–H groups in total. The molecule has 3 aromatic heterocycles. The number of aromatic nitrogens is 3. The number of halogens is 3. The van der Waals surface area contributed by atoms with E-state index in [4.69, 9.17) is 5.73 Å². The van der Waals surface area contributed by atoms with Crippen molar-refractivity contribution in [1.82, 2.24) is 14.0 Å².